The van der Waals surface area contributed by atoms with Gasteiger partial charge in [0.05, 0.1) is 22.8 Å². The molecule has 0 saturated carbocycles. The Morgan fingerprint density at radius 1 is 1.14 bits per heavy atom. The standard InChI is InChI=1S/C21H18ClN5O2/c22-17-6-5-15(11-16(17)18-3-1-2-8-23-18)26-21(29)14-4-7-19(25-12-14)27-10-9-24-20(28)13-27/h1-8,11-12H,9-10,13H2,(H,24,28)(H,26,29). The third-order valence-electron chi connectivity index (χ3n) is 4.54. The maximum absolute atomic E-state index is 12.6. The summed E-state index contributed by atoms with van der Waals surface area (Å²) < 4.78 is 0. The molecule has 4 rings (SSSR count). The topological polar surface area (TPSA) is 87.2 Å². The van der Waals surface area contributed by atoms with Gasteiger partial charge in [-0.15, -0.1) is 0 Å². The van der Waals surface area contributed by atoms with Gasteiger partial charge in [-0.3, -0.25) is 14.6 Å². The number of nitrogens with zero attached hydrogens (tertiary/aromatic N) is 3. The van der Waals surface area contributed by atoms with Crippen molar-refractivity contribution >= 4 is 34.9 Å². The number of halogens is 1. The first kappa shape index (κ1) is 18.9. The van der Waals surface area contributed by atoms with Crippen molar-refractivity contribution in [2.45, 2.75) is 0 Å². The summed E-state index contributed by atoms with van der Waals surface area (Å²) in [6.07, 6.45) is 3.20. The maximum atomic E-state index is 12.6. The molecule has 1 aliphatic rings. The van der Waals surface area contributed by atoms with Crippen LogP contribution in [0.3, 0.4) is 0 Å². The fraction of sp³-hybridized carbons (Fsp3) is 0.143. The third kappa shape index (κ3) is 4.35. The van der Waals surface area contributed by atoms with Gasteiger partial charge in [0.1, 0.15) is 5.82 Å². The summed E-state index contributed by atoms with van der Waals surface area (Å²) in [7, 11) is 0. The second kappa shape index (κ2) is 8.28. The average molecular weight is 408 g/mol. The molecular formula is C21H18ClN5O2. The van der Waals surface area contributed by atoms with Crippen molar-refractivity contribution in [3.05, 3.63) is 71.5 Å². The number of aromatic nitrogens is 2. The summed E-state index contributed by atoms with van der Waals surface area (Å²) >= 11 is 6.29. The molecule has 8 heteroatoms. The Hall–Kier alpha value is -3.45. The van der Waals surface area contributed by atoms with Crippen molar-refractivity contribution in [1.82, 2.24) is 15.3 Å². The molecule has 0 bridgehead atoms. The number of carbonyl (C=O) groups is 2. The van der Waals surface area contributed by atoms with E-state index in [9.17, 15) is 9.59 Å². The van der Waals surface area contributed by atoms with Crippen LogP contribution in [0.4, 0.5) is 11.5 Å². The fourth-order valence-electron chi connectivity index (χ4n) is 3.07. The van der Waals surface area contributed by atoms with E-state index in [2.05, 4.69) is 20.6 Å². The van der Waals surface area contributed by atoms with Gasteiger partial charge in [-0.2, -0.15) is 0 Å². The Bertz CT molecular complexity index is 1040. The SMILES string of the molecule is O=C1CN(c2ccc(C(=O)Nc3ccc(Cl)c(-c4ccccn4)c3)cn2)CCN1. The van der Waals surface area contributed by atoms with Crippen LogP contribution in [0, 0.1) is 0 Å². The van der Waals surface area contributed by atoms with Gasteiger partial charge >= 0.3 is 0 Å². The molecule has 146 valence electrons. The monoisotopic (exact) mass is 407 g/mol. The number of piperazine rings is 1. The van der Waals surface area contributed by atoms with Gasteiger partial charge in [-0.1, -0.05) is 17.7 Å². The Morgan fingerprint density at radius 2 is 2.03 bits per heavy atom. The van der Waals surface area contributed by atoms with Crippen LogP contribution >= 0.6 is 11.6 Å². The lowest BCUT2D eigenvalue weighted by Gasteiger charge is -2.27. The van der Waals surface area contributed by atoms with Crippen molar-refractivity contribution in [1.29, 1.82) is 0 Å². The zero-order valence-corrected chi connectivity index (χ0v) is 16.2. The summed E-state index contributed by atoms with van der Waals surface area (Å²) in [5.41, 5.74) is 2.49. The molecule has 0 spiro atoms. The first-order chi connectivity index (χ1) is 14.1. The number of rotatable bonds is 4. The smallest absolute Gasteiger partial charge is 0.257 e. The summed E-state index contributed by atoms with van der Waals surface area (Å²) in [6.45, 7) is 1.53. The number of carbonyl (C=O) groups excluding carboxylic acids is 2. The van der Waals surface area contributed by atoms with E-state index >= 15 is 0 Å². The van der Waals surface area contributed by atoms with Gasteiger partial charge in [-0.05, 0) is 42.5 Å². The molecule has 2 aromatic heterocycles. The lowest BCUT2D eigenvalue weighted by molar-refractivity contribution is -0.120. The quantitative estimate of drug-likeness (QED) is 0.694. The molecule has 1 aromatic carbocycles. The van der Waals surface area contributed by atoms with Crippen molar-refractivity contribution in [3.63, 3.8) is 0 Å². The molecule has 0 radical (unpaired) electrons. The van der Waals surface area contributed by atoms with Crippen molar-refractivity contribution in [3.8, 4) is 11.3 Å². The van der Waals surface area contributed by atoms with E-state index in [0.29, 0.717) is 35.2 Å². The van der Waals surface area contributed by atoms with Gasteiger partial charge in [-0.25, -0.2) is 4.98 Å². The predicted octanol–water partition coefficient (Wildman–Crippen LogP) is 2.99. The van der Waals surface area contributed by atoms with Crippen LogP contribution in [0.15, 0.2) is 60.9 Å². The number of benzene rings is 1. The summed E-state index contributed by atoms with van der Waals surface area (Å²) in [4.78, 5) is 34.6. The van der Waals surface area contributed by atoms with Crippen LogP contribution in [0.25, 0.3) is 11.3 Å². The normalized spacial score (nSPS) is 13.7. The minimum Gasteiger partial charge on any atom is -0.353 e. The van der Waals surface area contributed by atoms with E-state index in [1.54, 1.807) is 36.5 Å². The third-order valence-corrected chi connectivity index (χ3v) is 4.87. The molecule has 0 unspecified atom stereocenters. The molecule has 1 saturated heterocycles. The second-order valence-electron chi connectivity index (χ2n) is 6.54. The van der Waals surface area contributed by atoms with Crippen LogP contribution in [0.2, 0.25) is 5.02 Å². The summed E-state index contributed by atoms with van der Waals surface area (Å²) in [5.74, 6) is 0.348. The highest BCUT2D eigenvalue weighted by molar-refractivity contribution is 6.33. The Labute approximate surface area is 172 Å². The van der Waals surface area contributed by atoms with Crippen LogP contribution < -0.4 is 15.5 Å². The van der Waals surface area contributed by atoms with E-state index in [1.165, 1.54) is 6.20 Å². The predicted molar refractivity (Wildman–Crippen MR) is 112 cm³/mol. The molecule has 1 fully saturated rings. The number of hydrogen-bond donors (Lipinski definition) is 2. The highest BCUT2D eigenvalue weighted by Crippen LogP contribution is 2.29. The lowest BCUT2D eigenvalue weighted by Crippen LogP contribution is -2.48. The zero-order chi connectivity index (χ0) is 20.2. The molecule has 2 amide bonds. The summed E-state index contributed by atoms with van der Waals surface area (Å²) in [6, 6.07) is 14.3. The van der Waals surface area contributed by atoms with Crippen molar-refractivity contribution < 1.29 is 9.59 Å². The van der Waals surface area contributed by atoms with E-state index in [4.69, 9.17) is 11.6 Å². The van der Waals surface area contributed by atoms with Gasteiger partial charge in [0.25, 0.3) is 5.91 Å². The molecule has 3 heterocycles. The molecule has 2 N–H and O–H groups in total. The molecule has 0 aliphatic carbocycles. The lowest BCUT2D eigenvalue weighted by atomic mass is 10.1. The van der Waals surface area contributed by atoms with Gasteiger partial charge in [0.15, 0.2) is 0 Å². The first-order valence-corrected chi connectivity index (χ1v) is 9.48. The molecule has 3 aromatic rings. The Kier molecular flexibility index (Phi) is 5.39. The van der Waals surface area contributed by atoms with Crippen LogP contribution in [0.1, 0.15) is 10.4 Å². The summed E-state index contributed by atoms with van der Waals surface area (Å²) in [5, 5.41) is 6.19. The maximum Gasteiger partial charge on any atom is 0.257 e. The van der Waals surface area contributed by atoms with E-state index < -0.39 is 0 Å². The van der Waals surface area contributed by atoms with Crippen LogP contribution in [-0.2, 0) is 4.79 Å². The highest BCUT2D eigenvalue weighted by Gasteiger charge is 2.18. The van der Waals surface area contributed by atoms with Crippen LogP contribution in [0.5, 0.6) is 0 Å². The van der Waals surface area contributed by atoms with E-state index in [1.807, 2.05) is 23.1 Å². The zero-order valence-electron chi connectivity index (χ0n) is 15.4. The highest BCUT2D eigenvalue weighted by atomic mass is 35.5. The minimum absolute atomic E-state index is 0.0358. The average Bonchev–Trinajstić information content (AvgIpc) is 2.76. The van der Waals surface area contributed by atoms with Gasteiger partial charge in [0.2, 0.25) is 5.91 Å². The molecule has 0 atom stereocenters. The number of amides is 2. The molecule has 1 aliphatic heterocycles. The molecule has 29 heavy (non-hydrogen) atoms. The van der Waals surface area contributed by atoms with Crippen molar-refractivity contribution in [2.24, 2.45) is 0 Å². The Morgan fingerprint density at radius 3 is 2.76 bits per heavy atom. The fourth-order valence-corrected chi connectivity index (χ4v) is 3.28. The first-order valence-electron chi connectivity index (χ1n) is 9.10. The van der Waals surface area contributed by atoms with E-state index in [-0.39, 0.29) is 18.4 Å². The second-order valence-corrected chi connectivity index (χ2v) is 6.95. The van der Waals surface area contributed by atoms with E-state index in [0.717, 1.165) is 11.3 Å². The van der Waals surface area contributed by atoms with Crippen molar-refractivity contribution in [2.75, 3.05) is 29.9 Å². The largest absolute Gasteiger partial charge is 0.353 e. The van der Waals surface area contributed by atoms with Crippen LogP contribution in [-0.4, -0.2) is 41.4 Å². The Balaban J connectivity index is 1.49. The number of hydrogen-bond acceptors (Lipinski definition) is 5. The number of pyridine rings is 2. The number of anilines is 2. The molecule has 7 nitrogen and oxygen atoms in total. The number of nitrogens with one attached hydrogen (secondary N) is 2. The van der Waals surface area contributed by atoms with Gasteiger partial charge in [0, 0.05) is 36.7 Å². The minimum atomic E-state index is -0.283. The molecular weight excluding hydrogens is 390 g/mol. The van der Waals surface area contributed by atoms with Gasteiger partial charge < -0.3 is 15.5 Å².